The summed E-state index contributed by atoms with van der Waals surface area (Å²) in [5, 5.41) is 0. The molecule has 1 aromatic heterocycles. The van der Waals surface area contributed by atoms with Gasteiger partial charge in [-0.3, -0.25) is 9.88 Å². The lowest BCUT2D eigenvalue weighted by Gasteiger charge is -2.56. The van der Waals surface area contributed by atoms with Crippen molar-refractivity contribution in [3.05, 3.63) is 30.1 Å². The summed E-state index contributed by atoms with van der Waals surface area (Å²) in [6.07, 6.45) is 8.32. The van der Waals surface area contributed by atoms with Crippen molar-refractivity contribution in [2.24, 2.45) is 0 Å². The van der Waals surface area contributed by atoms with Gasteiger partial charge in [-0.1, -0.05) is 0 Å². The van der Waals surface area contributed by atoms with Crippen LogP contribution in [0.3, 0.4) is 0 Å². The van der Waals surface area contributed by atoms with Gasteiger partial charge in [0.1, 0.15) is 0 Å². The first-order chi connectivity index (χ1) is 11.3. The van der Waals surface area contributed by atoms with Crippen molar-refractivity contribution in [3.63, 3.8) is 0 Å². The first kappa shape index (κ1) is 15.5. The molecule has 0 radical (unpaired) electrons. The highest BCUT2D eigenvalue weighted by molar-refractivity contribution is 5.08. The Morgan fingerprint density at radius 3 is 2.70 bits per heavy atom. The number of hydrogen-bond acceptors (Lipinski definition) is 5. The van der Waals surface area contributed by atoms with Gasteiger partial charge >= 0.3 is 0 Å². The summed E-state index contributed by atoms with van der Waals surface area (Å²) in [7, 11) is 0. The number of rotatable bonds is 4. The minimum absolute atomic E-state index is 0.0411. The Bertz CT molecular complexity index is 498. The summed E-state index contributed by atoms with van der Waals surface area (Å²) in [5.74, 6) is 0. The maximum absolute atomic E-state index is 6.14. The summed E-state index contributed by atoms with van der Waals surface area (Å²) >= 11 is 0. The van der Waals surface area contributed by atoms with Crippen molar-refractivity contribution < 1.29 is 14.2 Å². The minimum Gasteiger partial charge on any atom is -0.381 e. The van der Waals surface area contributed by atoms with Gasteiger partial charge in [-0.05, 0) is 37.0 Å². The van der Waals surface area contributed by atoms with Crippen LogP contribution in [0, 0.1) is 0 Å². The predicted molar refractivity (Wildman–Crippen MR) is 86.1 cm³/mol. The molecule has 4 heterocycles. The summed E-state index contributed by atoms with van der Waals surface area (Å²) in [6, 6.07) is 4.73. The van der Waals surface area contributed by atoms with Gasteiger partial charge in [0.25, 0.3) is 0 Å². The second kappa shape index (κ2) is 6.85. The van der Waals surface area contributed by atoms with Crippen LogP contribution in [0.25, 0.3) is 0 Å². The molecule has 0 N–H and O–H groups in total. The Labute approximate surface area is 137 Å². The van der Waals surface area contributed by atoms with E-state index < -0.39 is 0 Å². The highest BCUT2D eigenvalue weighted by atomic mass is 16.5. The van der Waals surface area contributed by atoms with Crippen LogP contribution in [0.4, 0.5) is 0 Å². The van der Waals surface area contributed by atoms with Crippen molar-refractivity contribution in [2.75, 3.05) is 32.9 Å². The van der Waals surface area contributed by atoms with E-state index in [1.54, 1.807) is 0 Å². The molecule has 3 saturated heterocycles. The highest BCUT2D eigenvalue weighted by Gasteiger charge is 2.49. The first-order valence-corrected chi connectivity index (χ1v) is 8.79. The van der Waals surface area contributed by atoms with Crippen LogP contribution in [0.2, 0.25) is 0 Å². The second-order valence-corrected chi connectivity index (χ2v) is 7.06. The van der Waals surface area contributed by atoms with Gasteiger partial charge in [0.05, 0.1) is 18.3 Å². The molecular weight excluding hydrogens is 292 g/mol. The van der Waals surface area contributed by atoms with E-state index in [0.29, 0.717) is 18.8 Å². The summed E-state index contributed by atoms with van der Waals surface area (Å²) < 4.78 is 17.7. The predicted octanol–water partition coefficient (Wildman–Crippen LogP) is 2.01. The molecule has 0 saturated carbocycles. The van der Waals surface area contributed by atoms with E-state index in [1.165, 1.54) is 5.56 Å². The second-order valence-electron chi connectivity index (χ2n) is 7.06. The minimum atomic E-state index is 0.0411. The van der Waals surface area contributed by atoms with Crippen molar-refractivity contribution in [2.45, 2.75) is 50.0 Å². The molecule has 0 amide bonds. The van der Waals surface area contributed by atoms with E-state index in [1.807, 2.05) is 24.5 Å². The molecule has 0 aliphatic carbocycles. The van der Waals surface area contributed by atoms with Crippen LogP contribution in [0.15, 0.2) is 24.5 Å². The lowest BCUT2D eigenvalue weighted by atomic mass is 9.82. The molecule has 1 unspecified atom stereocenters. The standard InChI is InChI=1S/C18H26N2O3/c1-6-19-7-2-15(1)12-22-17-5-10-23-18(11-17)13-20(14-18)16-3-8-21-9-4-16/h1-2,6-7,16-17H,3-5,8-14H2. The fraction of sp³-hybridized carbons (Fsp3) is 0.722. The average molecular weight is 318 g/mol. The molecule has 3 aliphatic rings. The van der Waals surface area contributed by atoms with Gasteiger partial charge in [0.15, 0.2) is 0 Å². The van der Waals surface area contributed by atoms with Crippen LogP contribution in [0.5, 0.6) is 0 Å². The monoisotopic (exact) mass is 318 g/mol. The van der Waals surface area contributed by atoms with Crippen molar-refractivity contribution in [3.8, 4) is 0 Å². The molecular formula is C18H26N2O3. The third-order valence-corrected chi connectivity index (χ3v) is 5.37. The summed E-state index contributed by atoms with van der Waals surface area (Å²) in [4.78, 5) is 6.63. The van der Waals surface area contributed by atoms with E-state index in [-0.39, 0.29) is 5.60 Å². The molecule has 3 fully saturated rings. The molecule has 126 valence electrons. The molecule has 3 aliphatic heterocycles. The molecule has 1 spiro atoms. The van der Waals surface area contributed by atoms with E-state index in [2.05, 4.69) is 9.88 Å². The van der Waals surface area contributed by atoms with Gasteiger partial charge in [-0.25, -0.2) is 0 Å². The van der Waals surface area contributed by atoms with E-state index in [4.69, 9.17) is 14.2 Å². The highest BCUT2D eigenvalue weighted by Crippen LogP contribution is 2.38. The van der Waals surface area contributed by atoms with Crippen LogP contribution < -0.4 is 0 Å². The maximum Gasteiger partial charge on any atom is 0.0959 e. The number of likely N-dealkylation sites (tertiary alicyclic amines) is 1. The zero-order valence-electron chi connectivity index (χ0n) is 13.7. The third kappa shape index (κ3) is 3.58. The topological polar surface area (TPSA) is 43.8 Å². The fourth-order valence-electron chi connectivity index (χ4n) is 4.04. The average Bonchev–Trinajstić information content (AvgIpc) is 2.60. The Morgan fingerprint density at radius 2 is 1.91 bits per heavy atom. The largest absolute Gasteiger partial charge is 0.381 e. The molecule has 4 rings (SSSR count). The van der Waals surface area contributed by atoms with Crippen LogP contribution in [0.1, 0.15) is 31.2 Å². The first-order valence-electron chi connectivity index (χ1n) is 8.79. The Kier molecular flexibility index (Phi) is 4.62. The molecule has 5 nitrogen and oxygen atoms in total. The van der Waals surface area contributed by atoms with Crippen LogP contribution >= 0.6 is 0 Å². The normalized spacial score (nSPS) is 28.6. The lowest BCUT2D eigenvalue weighted by molar-refractivity contribution is -0.210. The SMILES string of the molecule is c1cc(COC2CCOC3(C2)CN(C2CCOCC2)C3)ccn1. The van der Waals surface area contributed by atoms with Crippen molar-refractivity contribution >= 4 is 0 Å². The number of aromatic nitrogens is 1. The summed E-state index contributed by atoms with van der Waals surface area (Å²) in [6.45, 7) is 5.44. The van der Waals surface area contributed by atoms with Gasteiger partial charge in [0, 0.05) is 57.8 Å². The van der Waals surface area contributed by atoms with Crippen molar-refractivity contribution in [1.29, 1.82) is 0 Å². The smallest absolute Gasteiger partial charge is 0.0959 e. The molecule has 1 atom stereocenters. The zero-order valence-corrected chi connectivity index (χ0v) is 13.7. The fourth-order valence-corrected chi connectivity index (χ4v) is 4.04. The number of pyridine rings is 1. The number of hydrogen-bond donors (Lipinski definition) is 0. The quantitative estimate of drug-likeness (QED) is 0.850. The van der Waals surface area contributed by atoms with Gasteiger partial charge in [-0.2, -0.15) is 0 Å². The van der Waals surface area contributed by atoms with E-state index in [0.717, 1.165) is 58.6 Å². The third-order valence-electron chi connectivity index (χ3n) is 5.37. The van der Waals surface area contributed by atoms with Crippen molar-refractivity contribution in [1.82, 2.24) is 9.88 Å². The number of nitrogens with zero attached hydrogens (tertiary/aromatic N) is 2. The van der Waals surface area contributed by atoms with E-state index >= 15 is 0 Å². The maximum atomic E-state index is 6.14. The van der Waals surface area contributed by atoms with Gasteiger partial charge in [-0.15, -0.1) is 0 Å². The number of ether oxygens (including phenoxy) is 3. The molecule has 5 heteroatoms. The van der Waals surface area contributed by atoms with E-state index in [9.17, 15) is 0 Å². The van der Waals surface area contributed by atoms with Gasteiger partial charge in [0.2, 0.25) is 0 Å². The van der Waals surface area contributed by atoms with Crippen LogP contribution in [-0.4, -0.2) is 60.5 Å². The van der Waals surface area contributed by atoms with Gasteiger partial charge < -0.3 is 14.2 Å². The Balaban J connectivity index is 1.26. The summed E-state index contributed by atoms with van der Waals surface area (Å²) in [5.41, 5.74) is 1.23. The lowest BCUT2D eigenvalue weighted by Crippen LogP contribution is -2.68. The molecule has 23 heavy (non-hydrogen) atoms. The molecule has 0 aromatic carbocycles. The van der Waals surface area contributed by atoms with Crippen LogP contribution in [-0.2, 0) is 20.8 Å². The molecule has 1 aromatic rings. The Morgan fingerprint density at radius 1 is 1.13 bits per heavy atom. The zero-order chi connectivity index (χ0) is 15.5. The Hall–Kier alpha value is -1.01. The molecule has 0 bridgehead atoms.